The number of carbonyl (C=O) groups is 1. The number of aromatic nitrogens is 1. The van der Waals surface area contributed by atoms with Crippen molar-refractivity contribution in [1.29, 1.82) is 0 Å². The number of Topliss-reactive ketones (excluding diaryl/α,β-unsaturated/α-hetero) is 1. The predicted molar refractivity (Wildman–Crippen MR) is 144 cm³/mol. The number of sulfonamides is 1. The summed E-state index contributed by atoms with van der Waals surface area (Å²) in [6.45, 7) is 3.99. The van der Waals surface area contributed by atoms with Crippen molar-refractivity contribution in [2.24, 2.45) is 0 Å². The van der Waals surface area contributed by atoms with Gasteiger partial charge in [0.05, 0.1) is 15.3 Å². The number of nitrogens with one attached hydrogen (secondary N) is 1. The van der Waals surface area contributed by atoms with Crippen molar-refractivity contribution >= 4 is 42.4 Å². The monoisotopic (exact) mass is 536 g/mol. The molecule has 0 radical (unpaired) electrons. The molecule has 37 heavy (non-hydrogen) atoms. The molecule has 3 aromatic carbocycles. The molecule has 7 nitrogen and oxygen atoms in total. The molecule has 1 aromatic heterocycles. The van der Waals surface area contributed by atoms with E-state index in [1.54, 1.807) is 60.7 Å². The molecule has 5 rings (SSSR count). The summed E-state index contributed by atoms with van der Waals surface area (Å²) in [7, 11) is -7.86. The van der Waals surface area contributed by atoms with Crippen LogP contribution in [0.4, 0.5) is 5.69 Å². The molecule has 0 spiro atoms. The van der Waals surface area contributed by atoms with E-state index in [4.69, 9.17) is 0 Å². The summed E-state index contributed by atoms with van der Waals surface area (Å²) >= 11 is 0. The van der Waals surface area contributed by atoms with Crippen molar-refractivity contribution in [2.75, 3.05) is 4.72 Å². The van der Waals surface area contributed by atoms with Gasteiger partial charge >= 0.3 is 0 Å². The second-order valence-corrected chi connectivity index (χ2v) is 12.7. The Labute approximate surface area is 217 Å². The lowest BCUT2D eigenvalue weighted by atomic mass is 9.94. The normalized spacial score (nSPS) is 14.1. The van der Waals surface area contributed by atoms with Gasteiger partial charge in [0, 0.05) is 28.8 Å². The zero-order valence-corrected chi connectivity index (χ0v) is 22.3. The van der Waals surface area contributed by atoms with Crippen molar-refractivity contribution < 1.29 is 21.6 Å². The molecule has 0 atom stereocenters. The molecule has 1 N–H and O–H groups in total. The van der Waals surface area contributed by atoms with Crippen molar-refractivity contribution in [2.45, 2.75) is 55.7 Å². The molecule has 0 amide bonds. The number of anilines is 1. The highest BCUT2D eigenvalue weighted by molar-refractivity contribution is 7.92. The average Bonchev–Trinajstić information content (AvgIpc) is 3.24. The SMILES string of the molecule is CCc1ccc(S(=O)(=O)Nc2ccc3c(c2)c2c(n3S(=O)(=O)c3ccc(CC)cc3)CCCC2=O)cc1. The number of hydrogen-bond acceptors (Lipinski definition) is 5. The molecule has 1 heterocycles. The summed E-state index contributed by atoms with van der Waals surface area (Å²) in [6.07, 6.45) is 2.90. The third-order valence-electron chi connectivity index (χ3n) is 6.88. The fourth-order valence-corrected chi connectivity index (χ4v) is 7.49. The zero-order chi connectivity index (χ0) is 26.4. The Balaban J connectivity index is 1.62. The molecule has 0 bridgehead atoms. The molecule has 0 aliphatic heterocycles. The summed E-state index contributed by atoms with van der Waals surface area (Å²) < 4.78 is 57.4. The summed E-state index contributed by atoms with van der Waals surface area (Å²) in [5, 5.41) is 0.426. The Morgan fingerprint density at radius 1 is 0.784 bits per heavy atom. The first-order valence-corrected chi connectivity index (χ1v) is 15.2. The van der Waals surface area contributed by atoms with Gasteiger partial charge in [-0.05, 0) is 79.3 Å². The Morgan fingerprint density at radius 3 is 1.97 bits per heavy atom. The molecular formula is C28H28N2O5S2. The van der Waals surface area contributed by atoms with E-state index < -0.39 is 20.0 Å². The van der Waals surface area contributed by atoms with Crippen LogP contribution in [0.25, 0.3) is 10.9 Å². The van der Waals surface area contributed by atoms with Gasteiger partial charge in [-0.2, -0.15) is 0 Å². The van der Waals surface area contributed by atoms with Crippen LogP contribution in [0.3, 0.4) is 0 Å². The van der Waals surface area contributed by atoms with Gasteiger partial charge < -0.3 is 0 Å². The van der Waals surface area contributed by atoms with Crippen LogP contribution in [-0.4, -0.2) is 26.6 Å². The van der Waals surface area contributed by atoms with Gasteiger partial charge in [-0.15, -0.1) is 0 Å². The van der Waals surface area contributed by atoms with Crippen LogP contribution in [0.2, 0.25) is 0 Å². The number of rotatable bonds is 7. The maximum absolute atomic E-state index is 13.8. The van der Waals surface area contributed by atoms with Crippen LogP contribution < -0.4 is 4.72 Å². The van der Waals surface area contributed by atoms with E-state index in [1.165, 1.54) is 10.0 Å². The molecule has 0 fully saturated rings. The lowest BCUT2D eigenvalue weighted by Crippen LogP contribution is -2.19. The molecule has 1 aliphatic carbocycles. The molecule has 4 aromatic rings. The number of nitrogens with zero attached hydrogens (tertiary/aromatic N) is 1. The Bertz CT molecular complexity index is 1720. The van der Waals surface area contributed by atoms with Crippen molar-refractivity contribution in [3.05, 3.63) is 89.1 Å². The van der Waals surface area contributed by atoms with Crippen LogP contribution >= 0.6 is 0 Å². The Kier molecular flexibility index (Phi) is 6.45. The van der Waals surface area contributed by atoms with E-state index in [1.807, 2.05) is 13.8 Å². The van der Waals surface area contributed by atoms with Crippen molar-refractivity contribution in [1.82, 2.24) is 3.97 Å². The van der Waals surface area contributed by atoms with Gasteiger partial charge in [0.2, 0.25) is 0 Å². The molecule has 9 heteroatoms. The molecular weight excluding hydrogens is 508 g/mol. The second kappa shape index (κ2) is 9.46. The number of hydrogen-bond donors (Lipinski definition) is 1. The maximum atomic E-state index is 13.8. The highest BCUT2D eigenvalue weighted by Gasteiger charge is 2.32. The van der Waals surface area contributed by atoms with Gasteiger partial charge in [0.15, 0.2) is 5.78 Å². The van der Waals surface area contributed by atoms with Crippen LogP contribution in [0.5, 0.6) is 0 Å². The van der Waals surface area contributed by atoms with E-state index in [0.717, 1.165) is 24.0 Å². The minimum Gasteiger partial charge on any atom is -0.294 e. The van der Waals surface area contributed by atoms with Crippen LogP contribution in [0.15, 0.2) is 76.5 Å². The summed E-state index contributed by atoms with van der Waals surface area (Å²) in [6, 6.07) is 18.0. The fraction of sp³-hybridized carbons (Fsp3) is 0.250. The van der Waals surface area contributed by atoms with Crippen molar-refractivity contribution in [3.63, 3.8) is 0 Å². The summed E-state index contributed by atoms with van der Waals surface area (Å²) in [4.78, 5) is 13.3. The molecule has 192 valence electrons. The topological polar surface area (TPSA) is 102 Å². The van der Waals surface area contributed by atoms with Crippen molar-refractivity contribution in [3.8, 4) is 0 Å². The highest BCUT2D eigenvalue weighted by Crippen LogP contribution is 2.36. The average molecular weight is 537 g/mol. The van der Waals surface area contributed by atoms with E-state index >= 15 is 0 Å². The van der Waals surface area contributed by atoms with E-state index in [2.05, 4.69) is 4.72 Å². The molecule has 0 saturated heterocycles. The first kappa shape index (κ1) is 25.2. The number of aryl methyl sites for hydroxylation is 2. The number of fused-ring (bicyclic) bond motifs is 3. The first-order valence-electron chi connectivity index (χ1n) is 12.3. The quantitative estimate of drug-likeness (QED) is 0.344. The fourth-order valence-electron chi connectivity index (χ4n) is 4.85. The largest absolute Gasteiger partial charge is 0.294 e. The van der Waals surface area contributed by atoms with Gasteiger partial charge in [-0.25, -0.2) is 20.8 Å². The van der Waals surface area contributed by atoms with E-state index in [9.17, 15) is 21.6 Å². The standard InChI is InChI=1S/C28H28N2O5S2/c1-3-19-8-13-22(14-9-19)36(32,33)29-21-12-17-25-24(18-21)28-26(6-5-7-27(28)31)30(25)37(34,35)23-15-10-20(4-2)11-16-23/h8-18,29H,3-7H2,1-2H3. The van der Waals surface area contributed by atoms with Crippen LogP contribution in [0, 0.1) is 0 Å². The van der Waals surface area contributed by atoms with E-state index in [0.29, 0.717) is 41.4 Å². The molecule has 1 aliphatic rings. The smallest absolute Gasteiger partial charge is 0.268 e. The lowest BCUT2D eigenvalue weighted by Gasteiger charge is -2.16. The number of ketones is 1. The first-order chi connectivity index (χ1) is 17.7. The second-order valence-electron chi connectivity index (χ2n) is 9.20. The van der Waals surface area contributed by atoms with Crippen LogP contribution in [-0.2, 0) is 39.3 Å². The zero-order valence-electron chi connectivity index (χ0n) is 20.7. The maximum Gasteiger partial charge on any atom is 0.268 e. The summed E-state index contributed by atoms with van der Waals surface area (Å²) in [5.74, 6) is -0.142. The van der Waals surface area contributed by atoms with Crippen LogP contribution in [0.1, 0.15) is 53.9 Å². The Hall–Kier alpha value is -3.43. The lowest BCUT2D eigenvalue weighted by molar-refractivity contribution is 0.0974. The number of benzene rings is 3. The van der Waals surface area contributed by atoms with Gasteiger partial charge in [0.1, 0.15) is 0 Å². The minimum atomic E-state index is -3.98. The third-order valence-corrected chi connectivity index (χ3v) is 10.0. The molecule has 0 unspecified atom stereocenters. The third kappa shape index (κ3) is 4.46. The number of carbonyl (C=O) groups excluding carboxylic acids is 1. The Morgan fingerprint density at radius 2 is 1.38 bits per heavy atom. The van der Waals surface area contributed by atoms with Gasteiger partial charge in [0.25, 0.3) is 20.0 Å². The van der Waals surface area contributed by atoms with E-state index in [-0.39, 0.29) is 21.3 Å². The summed E-state index contributed by atoms with van der Waals surface area (Å²) in [5.41, 5.74) is 3.46. The minimum absolute atomic E-state index is 0.124. The predicted octanol–water partition coefficient (Wildman–Crippen LogP) is 5.32. The highest BCUT2D eigenvalue weighted by atomic mass is 32.2. The van der Waals surface area contributed by atoms with Gasteiger partial charge in [-0.1, -0.05) is 38.1 Å². The van der Waals surface area contributed by atoms with Gasteiger partial charge in [-0.3, -0.25) is 9.52 Å². The molecule has 0 saturated carbocycles.